The van der Waals surface area contributed by atoms with Crippen LogP contribution in [0.3, 0.4) is 0 Å². The zero-order valence-corrected chi connectivity index (χ0v) is 11.9. The van der Waals surface area contributed by atoms with Crippen molar-refractivity contribution >= 4 is 11.8 Å². The van der Waals surface area contributed by atoms with Crippen LogP contribution in [0.5, 0.6) is 0 Å². The molecule has 2 unspecified atom stereocenters. The smallest absolute Gasteiger partial charge is 0.244 e. The zero-order valence-electron chi connectivity index (χ0n) is 11.9. The number of hydrogen-bond acceptors (Lipinski definition) is 3. The second-order valence-corrected chi connectivity index (χ2v) is 5.01. The second-order valence-electron chi connectivity index (χ2n) is 5.01. The van der Waals surface area contributed by atoms with Crippen molar-refractivity contribution in [2.24, 2.45) is 0 Å². The summed E-state index contributed by atoms with van der Waals surface area (Å²) in [5.41, 5.74) is -0.473. The number of likely N-dealkylation sites (N-methyl/N-ethyl adjacent to an activating group) is 1. The van der Waals surface area contributed by atoms with Crippen LogP contribution in [-0.4, -0.2) is 48.4 Å². The number of hydrogen-bond donors (Lipinski definition) is 2. The average Bonchev–Trinajstić information content (AvgIpc) is 2.86. The Morgan fingerprint density at radius 1 is 1.44 bits per heavy atom. The first-order valence-corrected chi connectivity index (χ1v) is 6.77. The quantitative estimate of drug-likeness (QED) is 0.752. The lowest BCUT2D eigenvalue weighted by molar-refractivity contribution is -0.136. The third-order valence-electron chi connectivity index (χ3n) is 3.85. The van der Waals surface area contributed by atoms with Crippen molar-refractivity contribution in [2.45, 2.75) is 51.6 Å². The maximum atomic E-state index is 12.3. The van der Waals surface area contributed by atoms with E-state index in [9.17, 15) is 9.59 Å². The molecule has 0 aromatic rings. The Labute approximate surface area is 109 Å². The minimum Gasteiger partial charge on any atom is -0.344 e. The lowest BCUT2D eigenvalue weighted by Crippen LogP contribution is -2.57. The van der Waals surface area contributed by atoms with E-state index < -0.39 is 11.6 Å². The van der Waals surface area contributed by atoms with Crippen LogP contribution in [0, 0.1) is 0 Å². The highest BCUT2D eigenvalue weighted by atomic mass is 16.2. The summed E-state index contributed by atoms with van der Waals surface area (Å²) in [4.78, 5) is 25.8. The van der Waals surface area contributed by atoms with Gasteiger partial charge in [0.1, 0.15) is 6.04 Å². The van der Waals surface area contributed by atoms with Crippen molar-refractivity contribution in [3.8, 4) is 0 Å². The van der Waals surface area contributed by atoms with Crippen molar-refractivity contribution in [3.63, 3.8) is 0 Å². The Bertz CT molecular complexity index is 311. The van der Waals surface area contributed by atoms with Crippen LogP contribution in [-0.2, 0) is 9.59 Å². The van der Waals surface area contributed by atoms with Gasteiger partial charge in [0.25, 0.3) is 0 Å². The molecule has 0 spiro atoms. The second kappa shape index (κ2) is 6.18. The van der Waals surface area contributed by atoms with Gasteiger partial charge in [-0.05, 0) is 39.7 Å². The summed E-state index contributed by atoms with van der Waals surface area (Å²) in [6.45, 7) is 7.18. The third-order valence-corrected chi connectivity index (χ3v) is 3.85. The van der Waals surface area contributed by atoms with Crippen LogP contribution in [0.2, 0.25) is 0 Å². The summed E-state index contributed by atoms with van der Waals surface area (Å²) < 4.78 is 0. The molecule has 2 N–H and O–H groups in total. The van der Waals surface area contributed by atoms with Crippen LogP contribution < -0.4 is 10.6 Å². The van der Waals surface area contributed by atoms with Crippen LogP contribution >= 0.6 is 0 Å². The number of carbonyl (C=O) groups is 2. The van der Waals surface area contributed by atoms with E-state index in [-0.39, 0.29) is 11.8 Å². The average molecular weight is 255 g/mol. The van der Waals surface area contributed by atoms with E-state index in [2.05, 4.69) is 10.6 Å². The molecule has 0 bridgehead atoms. The first kappa shape index (κ1) is 15.0. The molecule has 1 fully saturated rings. The van der Waals surface area contributed by atoms with Gasteiger partial charge in [0.2, 0.25) is 11.8 Å². The van der Waals surface area contributed by atoms with Crippen LogP contribution in [0.4, 0.5) is 0 Å². The summed E-state index contributed by atoms with van der Waals surface area (Å²) in [7, 11) is 1.74. The monoisotopic (exact) mass is 255 g/mol. The molecular formula is C13H25N3O2. The first-order chi connectivity index (χ1) is 8.46. The highest BCUT2D eigenvalue weighted by Crippen LogP contribution is 2.23. The van der Waals surface area contributed by atoms with Crippen molar-refractivity contribution in [2.75, 3.05) is 20.1 Å². The standard InChI is InChI=1S/C13H25N3O2/c1-5-13(8-7-9-14-13)12(18)15-10(3)11(17)16(4)6-2/h10,14H,5-9H2,1-4H3,(H,15,18). The molecule has 1 heterocycles. The summed E-state index contributed by atoms with van der Waals surface area (Å²) in [6.07, 6.45) is 2.61. The highest BCUT2D eigenvalue weighted by molar-refractivity contribution is 5.92. The fraction of sp³-hybridized carbons (Fsp3) is 0.846. The zero-order chi connectivity index (χ0) is 13.8. The molecule has 0 aromatic heterocycles. The van der Waals surface area contributed by atoms with Gasteiger partial charge in [-0.2, -0.15) is 0 Å². The lowest BCUT2D eigenvalue weighted by atomic mass is 9.93. The fourth-order valence-electron chi connectivity index (χ4n) is 2.35. The predicted molar refractivity (Wildman–Crippen MR) is 71.2 cm³/mol. The fourth-order valence-corrected chi connectivity index (χ4v) is 2.35. The van der Waals surface area contributed by atoms with Gasteiger partial charge in [0.05, 0.1) is 5.54 Å². The number of rotatable bonds is 5. The van der Waals surface area contributed by atoms with Gasteiger partial charge >= 0.3 is 0 Å². The molecule has 5 nitrogen and oxygen atoms in total. The summed E-state index contributed by atoms with van der Waals surface area (Å²) in [5.74, 6) is -0.0945. The van der Waals surface area contributed by atoms with Gasteiger partial charge in [-0.25, -0.2) is 0 Å². The van der Waals surface area contributed by atoms with E-state index >= 15 is 0 Å². The molecule has 2 amide bonds. The maximum absolute atomic E-state index is 12.3. The predicted octanol–water partition coefficient (Wildman–Crippen LogP) is 0.502. The molecule has 1 rings (SSSR count). The molecule has 2 atom stereocenters. The summed E-state index contributed by atoms with van der Waals surface area (Å²) >= 11 is 0. The Kier molecular flexibility index (Phi) is 5.14. The molecule has 1 aliphatic heterocycles. The summed E-state index contributed by atoms with van der Waals surface area (Å²) in [6, 6.07) is -0.465. The van der Waals surface area contributed by atoms with Crippen molar-refractivity contribution in [1.82, 2.24) is 15.5 Å². The molecule has 5 heteroatoms. The Morgan fingerprint density at radius 2 is 2.11 bits per heavy atom. The number of carbonyl (C=O) groups excluding carboxylic acids is 2. The van der Waals surface area contributed by atoms with Crippen LogP contribution in [0.15, 0.2) is 0 Å². The van der Waals surface area contributed by atoms with Gasteiger partial charge in [0.15, 0.2) is 0 Å². The van der Waals surface area contributed by atoms with Crippen LogP contribution in [0.25, 0.3) is 0 Å². The van der Waals surface area contributed by atoms with Gasteiger partial charge < -0.3 is 15.5 Å². The largest absolute Gasteiger partial charge is 0.344 e. The molecule has 0 radical (unpaired) electrons. The normalized spacial score (nSPS) is 24.7. The number of nitrogens with zero attached hydrogens (tertiary/aromatic N) is 1. The number of amides is 2. The minimum atomic E-state index is -0.473. The van der Waals surface area contributed by atoms with E-state index in [0.717, 1.165) is 25.8 Å². The minimum absolute atomic E-state index is 0.0462. The van der Waals surface area contributed by atoms with Gasteiger partial charge in [-0.1, -0.05) is 6.92 Å². The molecule has 0 aromatic carbocycles. The third kappa shape index (κ3) is 3.02. The van der Waals surface area contributed by atoms with E-state index in [0.29, 0.717) is 6.54 Å². The van der Waals surface area contributed by atoms with E-state index in [1.807, 2.05) is 13.8 Å². The maximum Gasteiger partial charge on any atom is 0.244 e. The molecule has 104 valence electrons. The Balaban J connectivity index is 2.61. The Hall–Kier alpha value is -1.10. The topological polar surface area (TPSA) is 61.4 Å². The van der Waals surface area contributed by atoms with Crippen molar-refractivity contribution < 1.29 is 9.59 Å². The Morgan fingerprint density at radius 3 is 2.56 bits per heavy atom. The van der Waals surface area contributed by atoms with Gasteiger partial charge in [-0.15, -0.1) is 0 Å². The van der Waals surface area contributed by atoms with Crippen molar-refractivity contribution in [1.29, 1.82) is 0 Å². The van der Waals surface area contributed by atoms with Crippen LogP contribution in [0.1, 0.15) is 40.0 Å². The van der Waals surface area contributed by atoms with Gasteiger partial charge in [-0.3, -0.25) is 9.59 Å². The number of nitrogens with one attached hydrogen (secondary N) is 2. The van der Waals surface area contributed by atoms with E-state index in [1.165, 1.54) is 0 Å². The van der Waals surface area contributed by atoms with Gasteiger partial charge in [0, 0.05) is 13.6 Å². The summed E-state index contributed by atoms with van der Waals surface area (Å²) in [5, 5.41) is 6.11. The van der Waals surface area contributed by atoms with Crippen molar-refractivity contribution in [3.05, 3.63) is 0 Å². The van der Waals surface area contributed by atoms with E-state index in [4.69, 9.17) is 0 Å². The molecular weight excluding hydrogens is 230 g/mol. The molecule has 0 saturated carbocycles. The first-order valence-electron chi connectivity index (χ1n) is 6.77. The molecule has 18 heavy (non-hydrogen) atoms. The SMILES string of the molecule is CCN(C)C(=O)C(C)NC(=O)C1(CC)CCCN1. The van der Waals surface area contributed by atoms with E-state index in [1.54, 1.807) is 18.9 Å². The molecule has 1 aliphatic rings. The molecule has 1 saturated heterocycles. The highest BCUT2D eigenvalue weighted by Gasteiger charge is 2.40. The molecule has 0 aliphatic carbocycles. The lowest BCUT2D eigenvalue weighted by Gasteiger charge is -2.29.